The molecule has 3 heterocycles. The third kappa shape index (κ3) is 4.86. The Hall–Kier alpha value is -3.50. The van der Waals surface area contributed by atoms with Gasteiger partial charge in [-0.25, -0.2) is 8.78 Å². The summed E-state index contributed by atoms with van der Waals surface area (Å²) in [4.78, 5) is 24.9. The zero-order chi connectivity index (χ0) is 21.0. The first kappa shape index (κ1) is 20.2. The first-order valence-electron chi connectivity index (χ1n) is 8.87. The fourth-order valence-electron chi connectivity index (χ4n) is 2.70. The highest BCUT2D eigenvalue weighted by Gasteiger charge is 2.21. The van der Waals surface area contributed by atoms with Gasteiger partial charge in [0.25, 0.3) is 12.3 Å². The van der Waals surface area contributed by atoms with Crippen molar-refractivity contribution in [2.24, 2.45) is 0 Å². The van der Waals surface area contributed by atoms with Crippen molar-refractivity contribution in [3.8, 4) is 0 Å². The lowest BCUT2D eigenvalue weighted by atomic mass is 10.3. The lowest BCUT2D eigenvalue weighted by Gasteiger charge is -2.08. The number of anilines is 1. The third-order valence-corrected chi connectivity index (χ3v) is 4.03. The molecule has 0 bridgehead atoms. The molecule has 0 saturated heterocycles. The molecule has 3 rings (SSSR count). The Morgan fingerprint density at radius 1 is 1.31 bits per heavy atom. The Kier molecular flexibility index (Phi) is 6.05. The number of rotatable bonds is 8. The van der Waals surface area contributed by atoms with E-state index in [0.29, 0.717) is 18.0 Å². The molecule has 3 aromatic heterocycles. The van der Waals surface area contributed by atoms with Crippen LogP contribution in [0.25, 0.3) is 0 Å². The zero-order valence-corrected chi connectivity index (χ0v) is 15.9. The standard InChI is InChI=1S/C18H20F2N6O3/c1-3-25-9-13(16(24-25)18(28)21-8-12-5-4-6-29-12)22-15(27)10-26-14(17(19)20)7-11(2)23-26/h4-7,9,17H,3,8,10H2,1-2H3,(H,21,28)(H,22,27). The Balaban J connectivity index is 1.72. The van der Waals surface area contributed by atoms with E-state index in [4.69, 9.17) is 4.42 Å². The molecule has 29 heavy (non-hydrogen) atoms. The van der Waals surface area contributed by atoms with Crippen LogP contribution in [0.4, 0.5) is 14.5 Å². The van der Waals surface area contributed by atoms with Gasteiger partial charge in [-0.3, -0.25) is 19.0 Å². The summed E-state index contributed by atoms with van der Waals surface area (Å²) in [6.07, 6.45) is 0.237. The minimum Gasteiger partial charge on any atom is -0.467 e. The average Bonchev–Trinajstić information content (AvgIpc) is 3.39. The number of halogens is 2. The van der Waals surface area contributed by atoms with Gasteiger partial charge in [0.1, 0.15) is 18.0 Å². The van der Waals surface area contributed by atoms with Crippen LogP contribution in [0.3, 0.4) is 0 Å². The third-order valence-electron chi connectivity index (χ3n) is 4.03. The van der Waals surface area contributed by atoms with Gasteiger partial charge in [0.15, 0.2) is 5.69 Å². The van der Waals surface area contributed by atoms with Crippen molar-refractivity contribution in [2.75, 3.05) is 5.32 Å². The molecule has 0 spiro atoms. The van der Waals surface area contributed by atoms with Crippen molar-refractivity contribution in [3.05, 3.63) is 53.5 Å². The molecule has 0 aliphatic rings. The number of amides is 2. The maximum atomic E-state index is 13.1. The monoisotopic (exact) mass is 406 g/mol. The van der Waals surface area contributed by atoms with Crippen LogP contribution in [0.5, 0.6) is 0 Å². The molecule has 9 nitrogen and oxygen atoms in total. The molecule has 0 aliphatic carbocycles. The van der Waals surface area contributed by atoms with Gasteiger partial charge in [0.2, 0.25) is 5.91 Å². The van der Waals surface area contributed by atoms with E-state index in [9.17, 15) is 18.4 Å². The number of hydrogen-bond acceptors (Lipinski definition) is 5. The molecule has 0 atom stereocenters. The highest BCUT2D eigenvalue weighted by molar-refractivity contribution is 6.02. The van der Waals surface area contributed by atoms with Crippen LogP contribution < -0.4 is 10.6 Å². The molecule has 3 aromatic rings. The molecule has 0 aromatic carbocycles. The first-order chi connectivity index (χ1) is 13.9. The number of alkyl halides is 2. The molecule has 11 heteroatoms. The lowest BCUT2D eigenvalue weighted by Crippen LogP contribution is -2.26. The maximum absolute atomic E-state index is 13.1. The van der Waals surface area contributed by atoms with Gasteiger partial charge in [-0.05, 0) is 32.0 Å². The van der Waals surface area contributed by atoms with Gasteiger partial charge in [-0.15, -0.1) is 0 Å². The topological polar surface area (TPSA) is 107 Å². The predicted octanol–water partition coefficient (Wildman–Crippen LogP) is 2.51. The highest BCUT2D eigenvalue weighted by Crippen LogP contribution is 2.20. The molecule has 0 saturated carbocycles. The van der Waals surface area contributed by atoms with Crippen molar-refractivity contribution in [3.63, 3.8) is 0 Å². The SMILES string of the molecule is CCn1cc(NC(=O)Cn2nc(C)cc2C(F)F)c(C(=O)NCc2ccco2)n1. The number of nitrogens with zero attached hydrogens (tertiary/aromatic N) is 4. The van der Waals surface area contributed by atoms with Crippen LogP contribution in [-0.2, 0) is 24.4 Å². The molecule has 0 fully saturated rings. The average molecular weight is 406 g/mol. The number of hydrogen-bond donors (Lipinski definition) is 2. The van der Waals surface area contributed by atoms with Crippen LogP contribution >= 0.6 is 0 Å². The summed E-state index contributed by atoms with van der Waals surface area (Å²) in [6.45, 7) is 3.60. The minimum absolute atomic E-state index is 0.0116. The molecular formula is C18H20F2N6O3. The van der Waals surface area contributed by atoms with Crippen molar-refractivity contribution in [1.29, 1.82) is 0 Å². The summed E-state index contributed by atoms with van der Waals surface area (Å²) in [5, 5.41) is 13.3. The Bertz CT molecular complexity index is 994. The van der Waals surface area contributed by atoms with Gasteiger partial charge in [0.05, 0.1) is 24.2 Å². The Morgan fingerprint density at radius 3 is 2.76 bits per heavy atom. The lowest BCUT2D eigenvalue weighted by molar-refractivity contribution is -0.117. The van der Waals surface area contributed by atoms with E-state index in [2.05, 4.69) is 20.8 Å². The largest absolute Gasteiger partial charge is 0.467 e. The summed E-state index contributed by atoms with van der Waals surface area (Å²) >= 11 is 0. The van der Waals surface area contributed by atoms with Crippen LogP contribution in [0.15, 0.2) is 35.1 Å². The van der Waals surface area contributed by atoms with Crippen LogP contribution in [0.2, 0.25) is 0 Å². The zero-order valence-electron chi connectivity index (χ0n) is 15.9. The molecule has 154 valence electrons. The van der Waals surface area contributed by atoms with E-state index in [1.807, 2.05) is 6.92 Å². The Morgan fingerprint density at radius 2 is 2.10 bits per heavy atom. The number of furan rings is 1. The minimum atomic E-state index is -2.75. The van der Waals surface area contributed by atoms with Crippen molar-refractivity contribution in [1.82, 2.24) is 24.9 Å². The summed E-state index contributed by atoms with van der Waals surface area (Å²) in [5.74, 6) is -0.551. The highest BCUT2D eigenvalue weighted by atomic mass is 19.3. The molecule has 0 unspecified atom stereocenters. The predicted molar refractivity (Wildman–Crippen MR) is 98.3 cm³/mol. The fraction of sp³-hybridized carbons (Fsp3) is 0.333. The summed E-state index contributed by atoms with van der Waals surface area (Å²) in [6, 6.07) is 4.63. The molecule has 2 N–H and O–H groups in total. The van der Waals surface area contributed by atoms with Crippen molar-refractivity contribution >= 4 is 17.5 Å². The van der Waals surface area contributed by atoms with Gasteiger partial charge in [0, 0.05) is 12.7 Å². The van der Waals surface area contributed by atoms with E-state index >= 15 is 0 Å². The number of aryl methyl sites for hydroxylation is 2. The van der Waals surface area contributed by atoms with E-state index in [1.165, 1.54) is 23.2 Å². The van der Waals surface area contributed by atoms with Gasteiger partial charge >= 0.3 is 0 Å². The second-order valence-corrected chi connectivity index (χ2v) is 6.23. The second-order valence-electron chi connectivity index (χ2n) is 6.23. The van der Waals surface area contributed by atoms with Crippen LogP contribution in [-0.4, -0.2) is 31.4 Å². The van der Waals surface area contributed by atoms with E-state index in [1.54, 1.807) is 19.1 Å². The molecule has 0 radical (unpaired) electrons. The quantitative estimate of drug-likeness (QED) is 0.598. The van der Waals surface area contributed by atoms with Gasteiger partial charge < -0.3 is 15.1 Å². The Labute approximate surface area is 164 Å². The summed E-state index contributed by atoms with van der Waals surface area (Å²) in [7, 11) is 0. The number of carbonyl (C=O) groups excluding carboxylic acids is 2. The summed E-state index contributed by atoms with van der Waals surface area (Å²) < 4.78 is 33.7. The molecular weight excluding hydrogens is 386 g/mol. The normalized spacial score (nSPS) is 11.1. The van der Waals surface area contributed by atoms with Crippen molar-refractivity contribution < 1.29 is 22.8 Å². The van der Waals surface area contributed by atoms with Crippen LogP contribution in [0.1, 0.15) is 41.0 Å². The molecule has 2 amide bonds. The van der Waals surface area contributed by atoms with Crippen LogP contribution in [0, 0.1) is 6.92 Å². The van der Waals surface area contributed by atoms with E-state index in [0.717, 1.165) is 4.68 Å². The van der Waals surface area contributed by atoms with Gasteiger partial charge in [-0.2, -0.15) is 10.2 Å². The smallest absolute Gasteiger partial charge is 0.280 e. The number of nitrogens with one attached hydrogen (secondary N) is 2. The first-order valence-corrected chi connectivity index (χ1v) is 8.87. The summed E-state index contributed by atoms with van der Waals surface area (Å²) in [5.41, 5.74) is 0.219. The molecule has 0 aliphatic heterocycles. The number of aromatic nitrogens is 4. The number of carbonyl (C=O) groups is 2. The fourth-order valence-corrected chi connectivity index (χ4v) is 2.70. The van der Waals surface area contributed by atoms with E-state index in [-0.39, 0.29) is 23.6 Å². The van der Waals surface area contributed by atoms with Gasteiger partial charge in [-0.1, -0.05) is 0 Å². The van der Waals surface area contributed by atoms with Crippen molar-refractivity contribution in [2.45, 2.75) is 39.9 Å². The van der Waals surface area contributed by atoms with E-state index < -0.39 is 24.8 Å². The second kappa shape index (κ2) is 8.67. The maximum Gasteiger partial charge on any atom is 0.280 e.